The van der Waals surface area contributed by atoms with Crippen LogP contribution in [-0.2, 0) is 16.4 Å². The van der Waals surface area contributed by atoms with Crippen molar-refractivity contribution in [2.24, 2.45) is 0 Å². The number of benzene rings is 2. The number of alkyl halides is 3. The first-order chi connectivity index (χ1) is 21.5. The third-order valence-electron chi connectivity index (χ3n) is 7.64. The predicted molar refractivity (Wildman–Crippen MR) is 164 cm³/mol. The molecule has 1 atom stereocenters. The van der Waals surface area contributed by atoms with Crippen LogP contribution in [-0.4, -0.2) is 51.8 Å². The molecule has 0 aliphatic carbocycles. The number of anilines is 3. The van der Waals surface area contributed by atoms with E-state index in [9.17, 15) is 23.1 Å². The second-order valence-corrected chi connectivity index (χ2v) is 11.2. The summed E-state index contributed by atoms with van der Waals surface area (Å²) in [6.07, 6.45) is 0.0676. The quantitative estimate of drug-likeness (QED) is 0.191. The Morgan fingerprint density at radius 3 is 2.42 bits per heavy atom. The molecule has 0 radical (unpaired) electrons. The number of para-hydroxylation sites is 2. The van der Waals surface area contributed by atoms with E-state index < -0.39 is 23.1 Å². The number of rotatable bonds is 10. The van der Waals surface area contributed by atoms with E-state index in [0.29, 0.717) is 41.8 Å². The Bertz CT molecular complexity index is 1650. The number of carboxylic acid groups (broad SMARTS) is 1. The van der Waals surface area contributed by atoms with Gasteiger partial charge >= 0.3 is 12.1 Å². The molecule has 45 heavy (non-hydrogen) atoms. The summed E-state index contributed by atoms with van der Waals surface area (Å²) in [5.41, 5.74) is -1.76. The Balaban J connectivity index is 1.36. The fraction of sp³-hybridized carbons (Fsp3) is 0.333. The summed E-state index contributed by atoms with van der Waals surface area (Å²) >= 11 is 0. The molecule has 2 N–H and O–H groups in total. The number of nitrogens with zero attached hydrogens (tertiary/aromatic N) is 4. The van der Waals surface area contributed by atoms with Crippen molar-refractivity contribution in [2.45, 2.75) is 51.3 Å². The van der Waals surface area contributed by atoms with Gasteiger partial charge in [0.2, 0.25) is 0 Å². The number of hydrogen-bond donors (Lipinski definition) is 2. The van der Waals surface area contributed by atoms with Crippen molar-refractivity contribution in [3.05, 3.63) is 84.2 Å². The molecule has 0 amide bonds. The minimum absolute atomic E-state index is 0.106. The van der Waals surface area contributed by atoms with E-state index in [2.05, 4.69) is 25.2 Å². The van der Waals surface area contributed by atoms with Crippen molar-refractivity contribution in [2.75, 3.05) is 29.9 Å². The van der Waals surface area contributed by atoms with Gasteiger partial charge < -0.3 is 24.8 Å². The lowest BCUT2D eigenvalue weighted by Crippen LogP contribution is -2.41. The second-order valence-electron chi connectivity index (χ2n) is 11.2. The molecule has 1 aliphatic heterocycles. The molecule has 0 saturated carbocycles. The number of carbonyl (C=O) groups is 1. The van der Waals surface area contributed by atoms with Gasteiger partial charge in [0.1, 0.15) is 17.7 Å². The Kier molecular flexibility index (Phi) is 9.12. The van der Waals surface area contributed by atoms with Gasteiger partial charge in [-0.25, -0.2) is 9.97 Å². The first kappa shape index (κ1) is 31.6. The average Bonchev–Trinajstić information content (AvgIpc) is 3.02. The summed E-state index contributed by atoms with van der Waals surface area (Å²) in [7, 11) is 0. The number of nitrogens with one attached hydrogen (secondary N) is 1. The van der Waals surface area contributed by atoms with Gasteiger partial charge in [0.15, 0.2) is 17.3 Å². The number of piperidine rings is 1. The highest BCUT2D eigenvalue weighted by atomic mass is 19.4. The zero-order chi connectivity index (χ0) is 32.2. The smallest absolute Gasteiger partial charge is 0.418 e. The second kappa shape index (κ2) is 13.0. The number of halogens is 3. The minimum Gasteiger partial charge on any atom is -0.490 e. The summed E-state index contributed by atoms with van der Waals surface area (Å²) in [5, 5.41) is 12.5. The van der Waals surface area contributed by atoms with Gasteiger partial charge in [0.05, 0.1) is 42.2 Å². The standard InChI is InChI=1S/C33H34F3N5O4/c1-4-44-25-9-5-6-10-26(25)45-23-8-7-17-41(20-23)29-19-37-18-28(39-29)38-27-16-15-24(33(34,35)36)30(40-27)21-11-13-22(14-12-21)32(2,3)31(42)43/h5-6,9-16,18-19,23H,4,7-8,17,20H2,1-3H3,(H,42,43)(H,38,39,40). The number of ether oxygens (including phenoxy) is 2. The summed E-state index contributed by atoms with van der Waals surface area (Å²) in [4.78, 5) is 27.0. The van der Waals surface area contributed by atoms with Crippen LogP contribution in [0.15, 0.2) is 73.1 Å². The maximum absolute atomic E-state index is 14.0. The van der Waals surface area contributed by atoms with Crippen molar-refractivity contribution >= 4 is 23.4 Å². The van der Waals surface area contributed by atoms with Crippen molar-refractivity contribution in [1.82, 2.24) is 15.0 Å². The Morgan fingerprint density at radius 1 is 1.00 bits per heavy atom. The fourth-order valence-electron chi connectivity index (χ4n) is 5.09. The first-order valence-corrected chi connectivity index (χ1v) is 14.6. The van der Waals surface area contributed by atoms with Gasteiger partial charge in [-0.1, -0.05) is 36.4 Å². The third kappa shape index (κ3) is 7.27. The van der Waals surface area contributed by atoms with Crippen LogP contribution in [0.5, 0.6) is 11.5 Å². The van der Waals surface area contributed by atoms with Gasteiger partial charge in [-0.2, -0.15) is 13.2 Å². The normalized spacial score (nSPS) is 15.4. The summed E-state index contributed by atoms with van der Waals surface area (Å²) < 4.78 is 53.9. The van der Waals surface area contributed by atoms with Crippen molar-refractivity contribution in [1.29, 1.82) is 0 Å². The lowest BCUT2D eigenvalue weighted by molar-refractivity contribution is -0.142. The molecule has 12 heteroatoms. The Morgan fingerprint density at radius 2 is 1.73 bits per heavy atom. The summed E-state index contributed by atoms with van der Waals surface area (Å²) in [6.45, 7) is 6.81. The number of aromatic nitrogens is 3. The number of hydrogen-bond acceptors (Lipinski definition) is 8. The van der Waals surface area contributed by atoms with Crippen molar-refractivity contribution in [3.8, 4) is 22.8 Å². The zero-order valence-electron chi connectivity index (χ0n) is 25.1. The molecular weight excluding hydrogens is 587 g/mol. The van der Waals surface area contributed by atoms with E-state index in [1.54, 1.807) is 6.20 Å². The number of pyridine rings is 1. The third-order valence-corrected chi connectivity index (χ3v) is 7.64. The molecule has 0 spiro atoms. The fourth-order valence-corrected chi connectivity index (χ4v) is 5.09. The van der Waals surface area contributed by atoms with Crippen LogP contribution in [0.2, 0.25) is 0 Å². The molecule has 1 aliphatic rings. The van der Waals surface area contributed by atoms with Crippen LogP contribution in [0.1, 0.15) is 44.7 Å². The van der Waals surface area contributed by atoms with Crippen LogP contribution in [0, 0.1) is 0 Å². The molecule has 236 valence electrons. The maximum Gasteiger partial charge on any atom is 0.418 e. The first-order valence-electron chi connectivity index (χ1n) is 14.6. The van der Waals surface area contributed by atoms with Gasteiger partial charge in [-0.15, -0.1) is 0 Å². The Hall–Kier alpha value is -4.87. The lowest BCUT2D eigenvalue weighted by atomic mass is 9.84. The number of carboxylic acids is 1. The largest absolute Gasteiger partial charge is 0.490 e. The zero-order valence-corrected chi connectivity index (χ0v) is 25.1. The lowest BCUT2D eigenvalue weighted by Gasteiger charge is -2.33. The highest BCUT2D eigenvalue weighted by molar-refractivity contribution is 5.80. The number of aliphatic carboxylic acids is 1. The van der Waals surface area contributed by atoms with E-state index in [1.807, 2.05) is 31.2 Å². The maximum atomic E-state index is 14.0. The molecule has 4 aromatic rings. The van der Waals surface area contributed by atoms with E-state index >= 15 is 0 Å². The molecule has 1 saturated heterocycles. The van der Waals surface area contributed by atoms with E-state index in [-0.39, 0.29) is 23.2 Å². The molecule has 0 bridgehead atoms. The van der Waals surface area contributed by atoms with E-state index in [4.69, 9.17) is 9.47 Å². The molecule has 3 heterocycles. The Labute approximate surface area is 259 Å². The van der Waals surface area contributed by atoms with Gasteiger partial charge in [0, 0.05) is 12.1 Å². The average molecular weight is 622 g/mol. The molecule has 9 nitrogen and oxygen atoms in total. The van der Waals surface area contributed by atoms with Gasteiger partial charge in [-0.05, 0) is 63.4 Å². The van der Waals surface area contributed by atoms with Crippen LogP contribution in [0.4, 0.5) is 30.6 Å². The molecule has 1 fully saturated rings. The molecule has 1 unspecified atom stereocenters. The highest BCUT2D eigenvalue weighted by Gasteiger charge is 2.35. The van der Waals surface area contributed by atoms with Crippen molar-refractivity contribution in [3.63, 3.8) is 0 Å². The van der Waals surface area contributed by atoms with Crippen LogP contribution in [0.3, 0.4) is 0 Å². The predicted octanol–water partition coefficient (Wildman–Crippen LogP) is 7.11. The molecule has 5 rings (SSSR count). The van der Waals surface area contributed by atoms with Crippen LogP contribution in [0.25, 0.3) is 11.3 Å². The monoisotopic (exact) mass is 621 g/mol. The van der Waals surface area contributed by atoms with Gasteiger partial charge in [-0.3, -0.25) is 9.78 Å². The van der Waals surface area contributed by atoms with Crippen molar-refractivity contribution < 1.29 is 32.5 Å². The minimum atomic E-state index is -4.66. The van der Waals surface area contributed by atoms with E-state index in [1.165, 1.54) is 50.4 Å². The van der Waals surface area contributed by atoms with Crippen LogP contribution < -0.4 is 19.7 Å². The topological polar surface area (TPSA) is 110 Å². The van der Waals surface area contributed by atoms with E-state index in [0.717, 1.165) is 25.5 Å². The molecule has 2 aromatic heterocycles. The van der Waals surface area contributed by atoms with Crippen LogP contribution >= 0.6 is 0 Å². The summed E-state index contributed by atoms with van der Waals surface area (Å²) in [6, 6.07) is 15.7. The van der Waals surface area contributed by atoms with Gasteiger partial charge in [0.25, 0.3) is 0 Å². The summed E-state index contributed by atoms with van der Waals surface area (Å²) in [5.74, 6) is 1.37. The SMILES string of the molecule is CCOc1ccccc1OC1CCCN(c2cncc(Nc3ccc(C(F)(F)F)c(-c4ccc(C(C)(C)C(=O)O)cc4)n3)n2)C1. The molecular formula is C33H34F3N5O4. The highest BCUT2D eigenvalue weighted by Crippen LogP contribution is 2.38. The molecule has 2 aromatic carbocycles.